The van der Waals surface area contributed by atoms with Gasteiger partial charge in [0.15, 0.2) is 11.2 Å². The summed E-state index contributed by atoms with van der Waals surface area (Å²) >= 11 is -1.36. The largest absolute Gasteiger partial charge is 0.593 e. The smallest absolute Gasteiger partial charge is 0.255 e. The van der Waals surface area contributed by atoms with E-state index in [-0.39, 0.29) is 53.6 Å². The number of hydrogen-bond acceptors (Lipinski definition) is 12. The first-order chi connectivity index (χ1) is 27.6. The maximum atomic E-state index is 13.7. The van der Waals surface area contributed by atoms with Crippen LogP contribution in [0.4, 0.5) is 5.95 Å². The molecule has 3 aliphatic heterocycles. The van der Waals surface area contributed by atoms with E-state index >= 15 is 0 Å². The van der Waals surface area contributed by atoms with Gasteiger partial charge in [-0.25, -0.2) is 4.98 Å². The van der Waals surface area contributed by atoms with E-state index in [0.29, 0.717) is 61.3 Å². The number of anilines is 1. The molecule has 0 bridgehead atoms. The molecule has 8 rings (SSSR count). The highest BCUT2D eigenvalue weighted by atomic mass is 32.2. The molecule has 0 spiro atoms. The van der Waals surface area contributed by atoms with Crippen molar-refractivity contribution in [2.24, 2.45) is 0 Å². The number of rotatable bonds is 12. The molecule has 57 heavy (non-hydrogen) atoms. The van der Waals surface area contributed by atoms with Gasteiger partial charge in [0.25, 0.3) is 11.5 Å². The number of carbonyl (C=O) groups is 4. The Morgan fingerprint density at radius 2 is 1.82 bits per heavy atom. The standard InChI is InChI=1S/C41H46N8O7S/c1-46(35-12-13-36(51)44-39(35)53)40(54)34-19-26(9-10-28(34)25-50)22-47-23-32(24-47)56-31-7-4-8-33(20-31)57(55)48-17-15-29(16-18-48)43-41-42-21-27-11-14-37(52)49(38(27)45-41)30-5-2-3-6-30/h4,7-11,14,19-21,25,29-30,32,35H,2-3,5-6,12-13,15-18,22-24H2,1H3,(H,42,43,45)(H,44,51,53). The third kappa shape index (κ3) is 8.44. The van der Waals surface area contributed by atoms with Crippen molar-refractivity contribution in [2.75, 3.05) is 38.5 Å². The van der Waals surface area contributed by atoms with Crippen LogP contribution in [-0.4, -0.2) is 109 Å². The molecule has 2 atom stereocenters. The number of hydrogen-bond donors (Lipinski definition) is 2. The monoisotopic (exact) mass is 794 g/mol. The average molecular weight is 795 g/mol. The van der Waals surface area contributed by atoms with Crippen LogP contribution in [-0.2, 0) is 27.5 Å². The predicted molar refractivity (Wildman–Crippen MR) is 212 cm³/mol. The minimum atomic E-state index is -1.36. The van der Waals surface area contributed by atoms with Crippen molar-refractivity contribution in [2.45, 2.75) is 87.0 Å². The number of likely N-dealkylation sites (tertiary alicyclic amines) is 1. The summed E-state index contributed by atoms with van der Waals surface area (Å²) in [6.45, 7) is 3.07. The van der Waals surface area contributed by atoms with Gasteiger partial charge in [-0.2, -0.15) is 4.98 Å². The quantitative estimate of drug-likeness (QED) is 0.121. The topological polar surface area (TPSA) is 182 Å². The molecule has 1 saturated carbocycles. The van der Waals surface area contributed by atoms with Crippen LogP contribution in [0.25, 0.3) is 11.0 Å². The lowest BCUT2D eigenvalue weighted by Gasteiger charge is -2.39. The first kappa shape index (κ1) is 38.7. The van der Waals surface area contributed by atoms with Crippen molar-refractivity contribution in [1.29, 1.82) is 0 Å². The van der Waals surface area contributed by atoms with E-state index < -0.39 is 29.2 Å². The van der Waals surface area contributed by atoms with E-state index in [1.54, 1.807) is 30.5 Å². The Balaban J connectivity index is 0.823. The van der Waals surface area contributed by atoms with Gasteiger partial charge in [-0.15, -0.1) is 4.31 Å². The fourth-order valence-corrected chi connectivity index (χ4v) is 9.58. The molecule has 15 nitrogen and oxygen atoms in total. The highest BCUT2D eigenvalue weighted by molar-refractivity contribution is 7.89. The highest BCUT2D eigenvalue weighted by Gasteiger charge is 2.35. The number of amides is 3. The van der Waals surface area contributed by atoms with Gasteiger partial charge in [0, 0.05) is 87.6 Å². The minimum absolute atomic E-state index is 0.0255. The van der Waals surface area contributed by atoms with Crippen molar-refractivity contribution in [3.63, 3.8) is 0 Å². The van der Waals surface area contributed by atoms with Crippen LogP contribution in [0.1, 0.15) is 83.7 Å². The lowest BCUT2D eigenvalue weighted by atomic mass is 9.99. The molecule has 4 aromatic rings. The number of benzene rings is 2. The summed E-state index contributed by atoms with van der Waals surface area (Å²) in [7, 11) is 1.51. The number of fused-ring (bicyclic) bond motifs is 1. The summed E-state index contributed by atoms with van der Waals surface area (Å²) < 4.78 is 23.8. The highest BCUT2D eigenvalue weighted by Crippen LogP contribution is 2.31. The van der Waals surface area contributed by atoms with Crippen molar-refractivity contribution in [3.8, 4) is 5.75 Å². The van der Waals surface area contributed by atoms with E-state index in [1.165, 1.54) is 11.9 Å². The third-order valence-corrected chi connectivity index (χ3v) is 13.0. The summed E-state index contributed by atoms with van der Waals surface area (Å²) in [5.74, 6) is -0.197. The zero-order chi connectivity index (χ0) is 39.6. The number of pyridine rings is 1. The van der Waals surface area contributed by atoms with Gasteiger partial charge in [-0.1, -0.05) is 31.0 Å². The van der Waals surface area contributed by atoms with E-state index in [9.17, 15) is 28.5 Å². The molecule has 2 aromatic carbocycles. The first-order valence-electron chi connectivity index (χ1n) is 19.6. The molecule has 2 unspecified atom stereocenters. The third-order valence-electron chi connectivity index (χ3n) is 11.5. The number of imide groups is 1. The molecule has 4 fully saturated rings. The fourth-order valence-electron chi connectivity index (χ4n) is 8.33. The molecule has 298 valence electrons. The zero-order valence-corrected chi connectivity index (χ0v) is 32.6. The van der Waals surface area contributed by atoms with Gasteiger partial charge in [0.1, 0.15) is 23.5 Å². The second-order valence-corrected chi connectivity index (χ2v) is 16.9. The summed E-state index contributed by atoms with van der Waals surface area (Å²) in [6, 6.07) is 15.4. The van der Waals surface area contributed by atoms with Crippen LogP contribution >= 0.6 is 0 Å². The van der Waals surface area contributed by atoms with E-state index in [1.807, 2.05) is 39.2 Å². The molecule has 2 aromatic heterocycles. The number of nitrogens with zero attached hydrogens (tertiary/aromatic N) is 6. The maximum Gasteiger partial charge on any atom is 0.255 e. The van der Waals surface area contributed by atoms with Crippen molar-refractivity contribution in [3.05, 3.63) is 87.8 Å². The summed E-state index contributed by atoms with van der Waals surface area (Å²) in [4.78, 5) is 75.4. The van der Waals surface area contributed by atoms with Crippen molar-refractivity contribution < 1.29 is 28.5 Å². The molecule has 0 radical (unpaired) electrons. The Bertz CT molecular complexity index is 2230. The van der Waals surface area contributed by atoms with Crippen LogP contribution in [0, 0.1) is 0 Å². The molecule has 4 aliphatic rings. The van der Waals surface area contributed by atoms with Gasteiger partial charge < -0.3 is 19.5 Å². The normalized spacial score (nSPS) is 20.6. The number of ether oxygens (including phenoxy) is 1. The van der Waals surface area contributed by atoms with Gasteiger partial charge >= 0.3 is 0 Å². The van der Waals surface area contributed by atoms with E-state index in [2.05, 4.69) is 20.5 Å². The molecule has 1 aliphatic carbocycles. The Morgan fingerprint density at radius 3 is 2.58 bits per heavy atom. The first-order valence-corrected chi connectivity index (χ1v) is 20.7. The van der Waals surface area contributed by atoms with Crippen LogP contribution in [0.15, 0.2) is 70.5 Å². The number of nitrogens with one attached hydrogen (secondary N) is 2. The van der Waals surface area contributed by atoms with Crippen molar-refractivity contribution in [1.82, 2.24) is 34.0 Å². The zero-order valence-electron chi connectivity index (χ0n) is 31.8. The number of likely N-dealkylation sites (N-methyl/N-ethyl adjacent to an activating group) is 1. The minimum Gasteiger partial charge on any atom is -0.593 e. The Kier molecular flexibility index (Phi) is 11.4. The number of piperidine rings is 2. The molecular formula is C41H46N8O7S. The fraction of sp³-hybridized carbons (Fsp3) is 0.439. The lowest BCUT2D eigenvalue weighted by molar-refractivity contribution is -0.136. The Morgan fingerprint density at radius 1 is 1.04 bits per heavy atom. The Hall–Kier alpha value is -5.16. The van der Waals surface area contributed by atoms with Gasteiger partial charge in [0.05, 0.1) is 16.9 Å². The Labute approximate surface area is 333 Å². The maximum absolute atomic E-state index is 13.7. The van der Waals surface area contributed by atoms with Crippen molar-refractivity contribution >= 4 is 52.4 Å². The van der Waals surface area contributed by atoms with Gasteiger partial charge in [-0.05, 0) is 61.9 Å². The molecule has 16 heteroatoms. The second-order valence-electron chi connectivity index (χ2n) is 15.4. The second kappa shape index (κ2) is 16.7. The molecule has 5 heterocycles. The van der Waals surface area contributed by atoms with Crippen LogP contribution in [0.3, 0.4) is 0 Å². The van der Waals surface area contributed by atoms with Crippen LogP contribution < -0.4 is 20.9 Å². The molecular weight excluding hydrogens is 749 g/mol. The van der Waals surface area contributed by atoms with Gasteiger partial charge in [0.2, 0.25) is 17.8 Å². The summed E-state index contributed by atoms with van der Waals surface area (Å²) in [6.07, 6.45) is 8.42. The SMILES string of the molecule is CN(C(=O)c1cc(CN2CC(Oc3cccc([S+]([O-])N4CCC(Nc5ncc6ccc(=O)n(C7CCCC7)c6n5)CC4)c3)C2)ccc1C=O)C1CCC(=O)NC1=O. The summed E-state index contributed by atoms with van der Waals surface area (Å²) in [5.41, 5.74) is 1.93. The molecule has 3 amide bonds. The predicted octanol–water partition coefficient (Wildman–Crippen LogP) is 3.46. The summed E-state index contributed by atoms with van der Waals surface area (Å²) in [5, 5.41) is 6.59. The van der Waals surface area contributed by atoms with E-state index in [0.717, 1.165) is 49.5 Å². The molecule has 3 saturated heterocycles. The lowest BCUT2D eigenvalue weighted by Crippen LogP contribution is -2.53. The van der Waals surface area contributed by atoms with Crippen LogP contribution in [0.5, 0.6) is 5.75 Å². The number of aromatic nitrogens is 3. The molecule has 2 N–H and O–H groups in total. The van der Waals surface area contributed by atoms with Crippen LogP contribution in [0.2, 0.25) is 0 Å². The van der Waals surface area contributed by atoms with Gasteiger partial charge in [-0.3, -0.25) is 38.8 Å². The number of carbonyl (C=O) groups excluding carboxylic acids is 4. The average Bonchev–Trinajstić information content (AvgIpc) is 3.74. The number of aldehydes is 1. The van der Waals surface area contributed by atoms with E-state index in [4.69, 9.17) is 9.72 Å².